The van der Waals surface area contributed by atoms with Crippen molar-refractivity contribution >= 4 is 6.03 Å². The van der Waals surface area contributed by atoms with Gasteiger partial charge < -0.3 is 14.6 Å². The lowest BCUT2D eigenvalue weighted by Crippen LogP contribution is -2.45. The lowest BCUT2D eigenvalue weighted by Gasteiger charge is -2.29. The highest BCUT2D eigenvalue weighted by molar-refractivity contribution is 5.74. The number of hydrogen-bond acceptors (Lipinski definition) is 3. The summed E-state index contributed by atoms with van der Waals surface area (Å²) >= 11 is 0. The van der Waals surface area contributed by atoms with Gasteiger partial charge in [0.15, 0.2) is 5.76 Å². The van der Waals surface area contributed by atoms with Gasteiger partial charge in [-0.25, -0.2) is 9.78 Å². The quantitative estimate of drug-likeness (QED) is 0.908. The molecule has 5 nitrogen and oxygen atoms in total. The molecule has 1 aliphatic heterocycles. The Balaban J connectivity index is 1.35. The highest BCUT2D eigenvalue weighted by Crippen LogP contribution is 2.35. The predicted molar refractivity (Wildman–Crippen MR) is 95.9 cm³/mol. The molecule has 0 radical (unpaired) electrons. The first-order chi connectivity index (χ1) is 12.3. The highest BCUT2D eigenvalue weighted by Gasteiger charge is 2.35. The van der Waals surface area contributed by atoms with E-state index in [9.17, 15) is 4.79 Å². The number of nitrogens with one attached hydrogen (secondary N) is 1. The molecule has 2 heterocycles. The molecule has 0 bridgehead atoms. The van der Waals surface area contributed by atoms with Gasteiger partial charge in [0.2, 0.25) is 5.89 Å². The van der Waals surface area contributed by atoms with Crippen molar-refractivity contribution in [2.24, 2.45) is 5.92 Å². The maximum atomic E-state index is 12.6. The average molecular weight is 339 g/mol. The summed E-state index contributed by atoms with van der Waals surface area (Å²) in [5.74, 6) is 1.97. The van der Waals surface area contributed by atoms with E-state index in [0.29, 0.717) is 24.4 Å². The maximum absolute atomic E-state index is 12.6. The number of urea groups is 1. The second-order valence-electron chi connectivity index (χ2n) is 7.09. The normalized spacial score (nSPS) is 21.0. The van der Waals surface area contributed by atoms with Gasteiger partial charge in [-0.15, -0.1) is 0 Å². The number of carbonyl (C=O) groups excluding carboxylic acids is 1. The van der Waals surface area contributed by atoms with Crippen LogP contribution in [0.1, 0.15) is 44.4 Å². The van der Waals surface area contributed by atoms with E-state index in [-0.39, 0.29) is 6.03 Å². The molecule has 2 amide bonds. The summed E-state index contributed by atoms with van der Waals surface area (Å²) in [7, 11) is 0. The van der Waals surface area contributed by atoms with E-state index >= 15 is 0 Å². The first-order valence-corrected chi connectivity index (χ1v) is 9.36. The molecule has 1 N–H and O–H groups in total. The summed E-state index contributed by atoms with van der Waals surface area (Å²) in [5, 5.41) is 2.99. The third kappa shape index (κ3) is 3.55. The third-order valence-corrected chi connectivity index (χ3v) is 5.51. The van der Waals surface area contributed by atoms with Gasteiger partial charge in [0.1, 0.15) is 0 Å². The molecule has 2 fully saturated rings. The molecule has 4 rings (SSSR count). The molecule has 1 saturated carbocycles. The van der Waals surface area contributed by atoms with E-state index in [4.69, 9.17) is 4.42 Å². The first kappa shape index (κ1) is 16.2. The standard InChI is InChI=1S/C20H25N3O2/c24-20(23-12-6-11-17(23)15-7-4-5-8-15)22-14-19-21-13-18(25-19)16-9-2-1-3-10-16/h1-3,9-10,13,15,17H,4-8,11-12,14H2,(H,22,24)/t17-/m1/s1. The van der Waals surface area contributed by atoms with Crippen LogP contribution in [0.3, 0.4) is 0 Å². The van der Waals surface area contributed by atoms with Crippen molar-refractivity contribution in [1.82, 2.24) is 15.2 Å². The topological polar surface area (TPSA) is 58.4 Å². The summed E-state index contributed by atoms with van der Waals surface area (Å²) in [4.78, 5) is 18.9. The van der Waals surface area contributed by atoms with Crippen molar-refractivity contribution in [2.45, 2.75) is 51.1 Å². The Morgan fingerprint density at radius 1 is 1.16 bits per heavy atom. The van der Waals surface area contributed by atoms with Crippen LogP contribution in [0.2, 0.25) is 0 Å². The zero-order valence-corrected chi connectivity index (χ0v) is 14.5. The molecule has 1 atom stereocenters. The van der Waals surface area contributed by atoms with Crippen LogP contribution in [-0.2, 0) is 6.54 Å². The number of hydrogen-bond donors (Lipinski definition) is 1. The molecule has 132 valence electrons. The third-order valence-electron chi connectivity index (χ3n) is 5.51. The van der Waals surface area contributed by atoms with Crippen molar-refractivity contribution in [3.05, 3.63) is 42.4 Å². The number of oxazole rings is 1. The predicted octanol–water partition coefficient (Wildman–Crippen LogP) is 4.21. The van der Waals surface area contributed by atoms with Crippen molar-refractivity contribution < 1.29 is 9.21 Å². The van der Waals surface area contributed by atoms with Crippen LogP contribution in [0.5, 0.6) is 0 Å². The van der Waals surface area contributed by atoms with Gasteiger partial charge in [-0.05, 0) is 31.6 Å². The van der Waals surface area contributed by atoms with E-state index < -0.39 is 0 Å². The highest BCUT2D eigenvalue weighted by atomic mass is 16.4. The number of carbonyl (C=O) groups is 1. The SMILES string of the molecule is O=C(NCc1ncc(-c2ccccc2)o1)N1CCC[C@@H]1C1CCCC1. The minimum Gasteiger partial charge on any atom is -0.439 e. The number of amides is 2. The Morgan fingerprint density at radius 3 is 2.76 bits per heavy atom. The summed E-state index contributed by atoms with van der Waals surface area (Å²) in [6.45, 7) is 1.20. The number of rotatable bonds is 4. The van der Waals surface area contributed by atoms with Gasteiger partial charge in [-0.1, -0.05) is 43.2 Å². The van der Waals surface area contributed by atoms with Gasteiger partial charge in [-0.3, -0.25) is 0 Å². The number of benzene rings is 1. The second kappa shape index (κ2) is 7.30. The molecule has 1 aliphatic carbocycles. The van der Waals surface area contributed by atoms with Crippen LogP contribution in [-0.4, -0.2) is 28.5 Å². The summed E-state index contributed by atoms with van der Waals surface area (Å²) < 4.78 is 5.77. The van der Waals surface area contributed by atoms with E-state index in [1.807, 2.05) is 35.2 Å². The minimum atomic E-state index is 0.0221. The van der Waals surface area contributed by atoms with Crippen molar-refractivity contribution in [3.63, 3.8) is 0 Å². The fourth-order valence-electron chi connectivity index (χ4n) is 4.26. The molecule has 25 heavy (non-hydrogen) atoms. The molecule has 1 aromatic heterocycles. The van der Waals surface area contributed by atoms with Crippen LogP contribution >= 0.6 is 0 Å². The second-order valence-corrected chi connectivity index (χ2v) is 7.09. The number of aromatic nitrogens is 1. The van der Waals surface area contributed by atoms with Crippen LogP contribution < -0.4 is 5.32 Å². The molecule has 0 unspecified atom stereocenters. The number of likely N-dealkylation sites (tertiary alicyclic amines) is 1. The van der Waals surface area contributed by atoms with Gasteiger partial charge >= 0.3 is 6.03 Å². The van der Waals surface area contributed by atoms with Crippen LogP contribution in [0.4, 0.5) is 4.79 Å². The number of nitrogens with zero attached hydrogens (tertiary/aromatic N) is 2. The zero-order valence-electron chi connectivity index (χ0n) is 14.5. The van der Waals surface area contributed by atoms with E-state index in [1.165, 1.54) is 25.7 Å². The van der Waals surface area contributed by atoms with Gasteiger partial charge in [-0.2, -0.15) is 0 Å². The summed E-state index contributed by atoms with van der Waals surface area (Å²) in [6.07, 6.45) is 9.16. The lowest BCUT2D eigenvalue weighted by molar-refractivity contribution is 0.171. The molecule has 0 spiro atoms. The molecule has 1 saturated heterocycles. The zero-order chi connectivity index (χ0) is 17.1. The van der Waals surface area contributed by atoms with Crippen LogP contribution in [0.15, 0.2) is 40.9 Å². The Labute approximate surface area is 148 Å². The Kier molecular flexibility index (Phi) is 4.72. The first-order valence-electron chi connectivity index (χ1n) is 9.36. The Hall–Kier alpha value is -2.30. The lowest BCUT2D eigenvalue weighted by atomic mass is 9.96. The summed E-state index contributed by atoms with van der Waals surface area (Å²) in [5.41, 5.74) is 0.994. The minimum absolute atomic E-state index is 0.0221. The van der Waals surface area contributed by atoms with Crippen molar-refractivity contribution in [1.29, 1.82) is 0 Å². The van der Waals surface area contributed by atoms with Crippen molar-refractivity contribution in [2.75, 3.05) is 6.54 Å². The van der Waals surface area contributed by atoms with Crippen molar-refractivity contribution in [3.8, 4) is 11.3 Å². The van der Waals surface area contributed by atoms with E-state index in [2.05, 4.69) is 10.3 Å². The summed E-state index contributed by atoms with van der Waals surface area (Å²) in [6, 6.07) is 10.3. The molecular weight excluding hydrogens is 314 g/mol. The van der Waals surface area contributed by atoms with Gasteiger partial charge in [0.25, 0.3) is 0 Å². The fraction of sp³-hybridized carbons (Fsp3) is 0.500. The van der Waals surface area contributed by atoms with Gasteiger partial charge in [0, 0.05) is 18.2 Å². The largest absolute Gasteiger partial charge is 0.439 e. The van der Waals surface area contributed by atoms with E-state index in [0.717, 1.165) is 30.7 Å². The molecular formula is C20H25N3O2. The van der Waals surface area contributed by atoms with Crippen LogP contribution in [0.25, 0.3) is 11.3 Å². The molecule has 2 aliphatic rings. The Morgan fingerprint density at radius 2 is 1.96 bits per heavy atom. The monoisotopic (exact) mass is 339 g/mol. The molecule has 1 aromatic carbocycles. The van der Waals surface area contributed by atoms with E-state index in [1.54, 1.807) is 6.20 Å². The maximum Gasteiger partial charge on any atom is 0.318 e. The fourth-order valence-corrected chi connectivity index (χ4v) is 4.26. The average Bonchev–Trinajstić information content (AvgIpc) is 3.41. The van der Waals surface area contributed by atoms with Gasteiger partial charge in [0.05, 0.1) is 12.7 Å². The molecule has 2 aromatic rings. The van der Waals surface area contributed by atoms with Crippen LogP contribution in [0, 0.1) is 5.92 Å². The molecule has 5 heteroatoms. The smallest absolute Gasteiger partial charge is 0.318 e. The Bertz CT molecular complexity index is 707.